The SMILES string of the molecule is CCc1cc(C)cc(OC)n1. The summed E-state index contributed by atoms with van der Waals surface area (Å²) in [4.78, 5) is 4.25. The molecule has 0 aliphatic rings. The number of rotatable bonds is 2. The van der Waals surface area contributed by atoms with E-state index in [9.17, 15) is 0 Å². The van der Waals surface area contributed by atoms with Gasteiger partial charge in [0.15, 0.2) is 0 Å². The monoisotopic (exact) mass is 151 g/mol. The van der Waals surface area contributed by atoms with Crippen LogP contribution in [0.1, 0.15) is 18.2 Å². The largest absolute Gasteiger partial charge is 0.481 e. The molecule has 0 N–H and O–H groups in total. The zero-order chi connectivity index (χ0) is 8.27. The molecule has 0 atom stereocenters. The van der Waals surface area contributed by atoms with Crippen LogP contribution in [0.2, 0.25) is 0 Å². The van der Waals surface area contributed by atoms with Crippen LogP contribution in [0.15, 0.2) is 12.1 Å². The van der Waals surface area contributed by atoms with Gasteiger partial charge in [-0.1, -0.05) is 6.92 Å². The summed E-state index contributed by atoms with van der Waals surface area (Å²) in [6.45, 7) is 4.13. The van der Waals surface area contributed by atoms with Crippen molar-refractivity contribution in [3.63, 3.8) is 0 Å². The third-order valence-electron chi connectivity index (χ3n) is 1.57. The summed E-state index contributed by atoms with van der Waals surface area (Å²) in [5.41, 5.74) is 2.29. The first kappa shape index (κ1) is 8.05. The van der Waals surface area contributed by atoms with E-state index in [1.54, 1.807) is 7.11 Å². The molecule has 0 aromatic carbocycles. The topological polar surface area (TPSA) is 22.1 Å². The van der Waals surface area contributed by atoms with Crippen molar-refractivity contribution < 1.29 is 4.74 Å². The number of methoxy groups -OCH3 is 1. The van der Waals surface area contributed by atoms with Gasteiger partial charge in [-0.25, -0.2) is 4.98 Å². The normalized spacial score (nSPS) is 9.73. The van der Waals surface area contributed by atoms with Crippen LogP contribution in [0.3, 0.4) is 0 Å². The van der Waals surface area contributed by atoms with Gasteiger partial charge in [0.25, 0.3) is 0 Å². The van der Waals surface area contributed by atoms with E-state index >= 15 is 0 Å². The predicted octanol–water partition coefficient (Wildman–Crippen LogP) is 1.96. The zero-order valence-electron chi connectivity index (χ0n) is 7.22. The molecule has 0 fully saturated rings. The minimum Gasteiger partial charge on any atom is -0.481 e. The van der Waals surface area contributed by atoms with Crippen molar-refractivity contribution in [1.82, 2.24) is 4.98 Å². The van der Waals surface area contributed by atoms with E-state index in [0.29, 0.717) is 5.88 Å². The molecule has 0 saturated heterocycles. The van der Waals surface area contributed by atoms with Crippen molar-refractivity contribution in [3.8, 4) is 5.88 Å². The minimum absolute atomic E-state index is 0.710. The average molecular weight is 151 g/mol. The molecule has 0 amide bonds. The van der Waals surface area contributed by atoms with Crippen molar-refractivity contribution in [2.75, 3.05) is 7.11 Å². The quantitative estimate of drug-likeness (QED) is 0.644. The molecule has 0 unspecified atom stereocenters. The van der Waals surface area contributed by atoms with Gasteiger partial charge < -0.3 is 4.74 Å². The van der Waals surface area contributed by atoms with E-state index in [0.717, 1.165) is 12.1 Å². The highest BCUT2D eigenvalue weighted by atomic mass is 16.5. The number of aryl methyl sites for hydroxylation is 2. The van der Waals surface area contributed by atoms with Gasteiger partial charge in [0.1, 0.15) is 0 Å². The molecule has 1 rings (SSSR count). The van der Waals surface area contributed by atoms with E-state index in [1.165, 1.54) is 5.56 Å². The number of aromatic nitrogens is 1. The van der Waals surface area contributed by atoms with E-state index in [2.05, 4.69) is 18.0 Å². The zero-order valence-corrected chi connectivity index (χ0v) is 7.22. The number of hydrogen-bond acceptors (Lipinski definition) is 2. The van der Waals surface area contributed by atoms with Crippen LogP contribution in [0, 0.1) is 6.92 Å². The molecule has 0 saturated carbocycles. The molecule has 0 radical (unpaired) electrons. The first-order valence-electron chi connectivity index (χ1n) is 3.77. The third kappa shape index (κ3) is 1.93. The van der Waals surface area contributed by atoms with Gasteiger partial charge in [-0.05, 0) is 25.0 Å². The second kappa shape index (κ2) is 3.37. The summed E-state index contributed by atoms with van der Waals surface area (Å²) >= 11 is 0. The molecular formula is C9H13NO. The lowest BCUT2D eigenvalue weighted by atomic mass is 10.2. The van der Waals surface area contributed by atoms with Gasteiger partial charge in [0.2, 0.25) is 5.88 Å². The number of ether oxygens (including phenoxy) is 1. The Morgan fingerprint density at radius 2 is 2.18 bits per heavy atom. The van der Waals surface area contributed by atoms with Crippen molar-refractivity contribution in [3.05, 3.63) is 23.4 Å². The Balaban J connectivity index is 3.02. The van der Waals surface area contributed by atoms with E-state index in [-0.39, 0.29) is 0 Å². The average Bonchev–Trinajstić information content (AvgIpc) is 2.03. The first-order valence-corrected chi connectivity index (χ1v) is 3.77. The Hall–Kier alpha value is -1.05. The summed E-state index contributed by atoms with van der Waals surface area (Å²) in [5.74, 6) is 0.710. The van der Waals surface area contributed by atoms with Crippen LogP contribution < -0.4 is 4.74 Å². The molecule has 60 valence electrons. The van der Waals surface area contributed by atoms with Gasteiger partial charge >= 0.3 is 0 Å². The molecule has 2 heteroatoms. The van der Waals surface area contributed by atoms with E-state index in [1.807, 2.05) is 13.0 Å². The maximum Gasteiger partial charge on any atom is 0.213 e. The number of pyridine rings is 1. The van der Waals surface area contributed by atoms with E-state index in [4.69, 9.17) is 4.74 Å². The molecule has 2 nitrogen and oxygen atoms in total. The number of nitrogens with zero attached hydrogens (tertiary/aromatic N) is 1. The fourth-order valence-electron chi connectivity index (χ4n) is 0.991. The summed E-state index contributed by atoms with van der Waals surface area (Å²) in [6.07, 6.45) is 0.956. The van der Waals surface area contributed by atoms with Gasteiger partial charge in [-0.2, -0.15) is 0 Å². The molecule has 0 aliphatic carbocycles. The molecule has 0 bridgehead atoms. The number of hydrogen-bond donors (Lipinski definition) is 0. The highest BCUT2D eigenvalue weighted by molar-refractivity contribution is 5.23. The van der Waals surface area contributed by atoms with Crippen molar-refractivity contribution in [2.24, 2.45) is 0 Å². The van der Waals surface area contributed by atoms with Crippen molar-refractivity contribution in [1.29, 1.82) is 0 Å². The highest BCUT2D eigenvalue weighted by Gasteiger charge is 1.96. The van der Waals surface area contributed by atoms with E-state index < -0.39 is 0 Å². The molecule has 11 heavy (non-hydrogen) atoms. The van der Waals surface area contributed by atoms with Crippen LogP contribution >= 0.6 is 0 Å². The fourth-order valence-corrected chi connectivity index (χ4v) is 0.991. The second-order valence-corrected chi connectivity index (χ2v) is 2.53. The second-order valence-electron chi connectivity index (χ2n) is 2.53. The molecule has 0 aliphatic heterocycles. The van der Waals surface area contributed by atoms with Gasteiger partial charge in [-0.3, -0.25) is 0 Å². The van der Waals surface area contributed by atoms with Gasteiger partial charge in [0, 0.05) is 11.8 Å². The van der Waals surface area contributed by atoms with Crippen molar-refractivity contribution in [2.45, 2.75) is 20.3 Å². The fraction of sp³-hybridized carbons (Fsp3) is 0.444. The standard InChI is InChI=1S/C9H13NO/c1-4-8-5-7(2)6-9(10-8)11-3/h5-6H,4H2,1-3H3. The van der Waals surface area contributed by atoms with Crippen LogP contribution in [0.25, 0.3) is 0 Å². The van der Waals surface area contributed by atoms with Crippen LogP contribution in [0.4, 0.5) is 0 Å². The highest BCUT2D eigenvalue weighted by Crippen LogP contribution is 2.11. The lowest BCUT2D eigenvalue weighted by Gasteiger charge is -2.02. The Labute approximate surface area is 67.2 Å². The summed E-state index contributed by atoms with van der Waals surface area (Å²) in [6, 6.07) is 4.00. The van der Waals surface area contributed by atoms with Crippen LogP contribution in [-0.2, 0) is 6.42 Å². The molecule has 1 aromatic heterocycles. The Morgan fingerprint density at radius 1 is 1.45 bits per heavy atom. The molecule has 1 heterocycles. The Kier molecular flexibility index (Phi) is 2.47. The molecular weight excluding hydrogens is 138 g/mol. The Bertz CT molecular complexity index is 223. The molecule has 1 aromatic rings. The van der Waals surface area contributed by atoms with Crippen LogP contribution in [0.5, 0.6) is 5.88 Å². The van der Waals surface area contributed by atoms with Gasteiger partial charge in [-0.15, -0.1) is 0 Å². The predicted molar refractivity (Wildman–Crippen MR) is 44.9 cm³/mol. The summed E-state index contributed by atoms with van der Waals surface area (Å²) in [7, 11) is 1.64. The minimum atomic E-state index is 0.710. The maximum atomic E-state index is 5.03. The third-order valence-corrected chi connectivity index (χ3v) is 1.57. The maximum absolute atomic E-state index is 5.03. The Morgan fingerprint density at radius 3 is 2.73 bits per heavy atom. The van der Waals surface area contributed by atoms with Crippen molar-refractivity contribution >= 4 is 0 Å². The van der Waals surface area contributed by atoms with Crippen LogP contribution in [-0.4, -0.2) is 12.1 Å². The first-order chi connectivity index (χ1) is 5.26. The van der Waals surface area contributed by atoms with Gasteiger partial charge in [0.05, 0.1) is 7.11 Å². The summed E-state index contributed by atoms with van der Waals surface area (Å²) in [5, 5.41) is 0. The lowest BCUT2D eigenvalue weighted by molar-refractivity contribution is 0.396. The summed E-state index contributed by atoms with van der Waals surface area (Å²) < 4.78 is 5.03. The lowest BCUT2D eigenvalue weighted by Crippen LogP contribution is -1.93. The smallest absolute Gasteiger partial charge is 0.213 e. The molecule has 0 spiro atoms.